The van der Waals surface area contributed by atoms with Gasteiger partial charge in [-0.25, -0.2) is 8.42 Å². The maximum Gasteiger partial charge on any atom is 0.176 e. The van der Waals surface area contributed by atoms with Crippen LogP contribution in [0.25, 0.3) is 11.3 Å². The summed E-state index contributed by atoms with van der Waals surface area (Å²) in [7, 11) is -1.82. The number of nitrogens with two attached hydrogens (primary N) is 1. The third-order valence-corrected chi connectivity index (χ3v) is 3.72. The minimum atomic E-state index is -3.46. The molecule has 0 amide bonds. The number of hydrogen-bond donors (Lipinski definition) is 2. The molecule has 2 aromatic rings. The molecule has 6 nitrogen and oxygen atoms in total. The molecule has 2 rings (SSSR count). The second-order valence-electron chi connectivity index (χ2n) is 4.00. The fourth-order valence-corrected chi connectivity index (χ4v) is 2.60. The number of benzene rings is 1. The van der Waals surface area contributed by atoms with Crippen LogP contribution in [0.1, 0.15) is 0 Å². The Morgan fingerprint density at radius 1 is 1.39 bits per heavy atom. The molecule has 1 aromatic heterocycles. The molecule has 0 atom stereocenters. The van der Waals surface area contributed by atoms with Crippen LogP contribution in [0.5, 0.6) is 5.75 Å². The van der Waals surface area contributed by atoms with Gasteiger partial charge in [0.25, 0.3) is 0 Å². The first kappa shape index (κ1) is 12.4. The van der Waals surface area contributed by atoms with Gasteiger partial charge in [0, 0.05) is 19.4 Å². The van der Waals surface area contributed by atoms with Crippen molar-refractivity contribution in [3.63, 3.8) is 0 Å². The second-order valence-corrected chi connectivity index (χ2v) is 5.98. The van der Waals surface area contributed by atoms with Crippen molar-refractivity contribution in [1.82, 2.24) is 9.78 Å². The molecule has 0 spiro atoms. The van der Waals surface area contributed by atoms with Crippen LogP contribution in [0.3, 0.4) is 0 Å². The summed E-state index contributed by atoms with van der Waals surface area (Å²) in [5.74, 6) is 0.240. The van der Waals surface area contributed by atoms with Gasteiger partial charge in [-0.05, 0) is 12.1 Å². The SMILES string of the molecule is Cn1nc(-c2c(O)cccc2S(C)(=O)=O)cc1N. The Labute approximate surface area is 105 Å². The van der Waals surface area contributed by atoms with E-state index in [0.29, 0.717) is 11.5 Å². The smallest absolute Gasteiger partial charge is 0.176 e. The number of hydrogen-bond acceptors (Lipinski definition) is 5. The number of anilines is 1. The van der Waals surface area contributed by atoms with Gasteiger partial charge < -0.3 is 10.8 Å². The molecular formula is C11H13N3O3S. The number of aryl methyl sites for hydroxylation is 1. The van der Waals surface area contributed by atoms with Gasteiger partial charge in [0.05, 0.1) is 16.2 Å². The van der Waals surface area contributed by atoms with E-state index in [1.807, 2.05) is 0 Å². The predicted molar refractivity (Wildman–Crippen MR) is 67.8 cm³/mol. The zero-order valence-electron chi connectivity index (χ0n) is 9.95. The van der Waals surface area contributed by atoms with Gasteiger partial charge in [-0.3, -0.25) is 4.68 Å². The minimum Gasteiger partial charge on any atom is -0.507 e. The van der Waals surface area contributed by atoms with E-state index in [9.17, 15) is 13.5 Å². The van der Waals surface area contributed by atoms with E-state index in [4.69, 9.17) is 5.73 Å². The van der Waals surface area contributed by atoms with Crippen molar-refractivity contribution >= 4 is 15.7 Å². The van der Waals surface area contributed by atoms with Crippen LogP contribution in [0.2, 0.25) is 0 Å². The van der Waals surface area contributed by atoms with Gasteiger partial charge in [0.2, 0.25) is 0 Å². The number of sulfone groups is 1. The van der Waals surface area contributed by atoms with Crippen LogP contribution in [0.4, 0.5) is 5.82 Å². The lowest BCUT2D eigenvalue weighted by molar-refractivity contribution is 0.475. The maximum atomic E-state index is 11.7. The van der Waals surface area contributed by atoms with Gasteiger partial charge in [0.1, 0.15) is 11.6 Å². The molecule has 3 N–H and O–H groups in total. The van der Waals surface area contributed by atoms with E-state index in [0.717, 1.165) is 6.26 Å². The number of rotatable bonds is 2. The highest BCUT2D eigenvalue weighted by Crippen LogP contribution is 2.34. The van der Waals surface area contributed by atoms with Crippen molar-refractivity contribution in [2.75, 3.05) is 12.0 Å². The molecule has 7 heteroatoms. The van der Waals surface area contributed by atoms with Crippen LogP contribution >= 0.6 is 0 Å². The molecule has 0 unspecified atom stereocenters. The van der Waals surface area contributed by atoms with Crippen molar-refractivity contribution in [1.29, 1.82) is 0 Å². The molecule has 0 saturated carbocycles. The molecule has 1 aromatic carbocycles. The monoisotopic (exact) mass is 267 g/mol. The summed E-state index contributed by atoms with van der Waals surface area (Å²) in [6, 6.07) is 5.83. The van der Waals surface area contributed by atoms with Crippen LogP contribution in [-0.4, -0.2) is 29.6 Å². The van der Waals surface area contributed by atoms with Gasteiger partial charge in [0.15, 0.2) is 9.84 Å². The first-order chi connectivity index (χ1) is 8.30. The highest BCUT2D eigenvalue weighted by atomic mass is 32.2. The Morgan fingerprint density at radius 2 is 2.06 bits per heavy atom. The molecule has 0 aliphatic rings. The lowest BCUT2D eigenvalue weighted by Gasteiger charge is -2.07. The molecule has 0 fully saturated rings. The lowest BCUT2D eigenvalue weighted by atomic mass is 10.1. The number of aromatic hydroxyl groups is 1. The van der Waals surface area contributed by atoms with Gasteiger partial charge in [-0.15, -0.1) is 0 Å². The topological polar surface area (TPSA) is 98.2 Å². The zero-order chi connectivity index (χ0) is 13.5. The molecule has 0 aliphatic carbocycles. The highest BCUT2D eigenvalue weighted by Gasteiger charge is 2.20. The van der Waals surface area contributed by atoms with Crippen molar-refractivity contribution in [3.05, 3.63) is 24.3 Å². The second kappa shape index (κ2) is 4.02. The predicted octanol–water partition coefficient (Wildman–Crippen LogP) is 0.778. The molecule has 96 valence electrons. The Morgan fingerprint density at radius 3 is 2.56 bits per heavy atom. The maximum absolute atomic E-state index is 11.7. The lowest BCUT2D eigenvalue weighted by Crippen LogP contribution is -2.01. The summed E-state index contributed by atoms with van der Waals surface area (Å²) in [6.07, 6.45) is 1.08. The normalized spacial score (nSPS) is 11.7. The summed E-state index contributed by atoms with van der Waals surface area (Å²) < 4.78 is 24.8. The van der Waals surface area contributed by atoms with Crippen LogP contribution in [0.15, 0.2) is 29.2 Å². The Bertz CT molecular complexity index is 685. The average Bonchev–Trinajstić information content (AvgIpc) is 2.57. The Hall–Kier alpha value is -2.02. The summed E-state index contributed by atoms with van der Waals surface area (Å²) in [5, 5.41) is 13.9. The summed E-state index contributed by atoms with van der Waals surface area (Å²) in [5.41, 5.74) is 6.16. The van der Waals surface area contributed by atoms with Crippen molar-refractivity contribution in [2.45, 2.75) is 4.90 Å². The minimum absolute atomic E-state index is 0.0283. The molecule has 0 radical (unpaired) electrons. The number of phenols is 1. The fourth-order valence-electron chi connectivity index (χ4n) is 1.69. The largest absolute Gasteiger partial charge is 0.507 e. The van der Waals surface area contributed by atoms with Gasteiger partial charge >= 0.3 is 0 Å². The Kier molecular flexibility index (Phi) is 2.78. The van der Waals surface area contributed by atoms with Gasteiger partial charge in [-0.1, -0.05) is 6.07 Å². The van der Waals surface area contributed by atoms with Gasteiger partial charge in [-0.2, -0.15) is 5.10 Å². The molecule has 0 saturated heterocycles. The standard InChI is InChI=1S/C11H13N3O3S/c1-14-10(12)6-7(13-14)11-8(15)4-3-5-9(11)18(2,16)17/h3-6,15H,12H2,1-2H3. The molecule has 18 heavy (non-hydrogen) atoms. The molecule has 1 heterocycles. The zero-order valence-corrected chi connectivity index (χ0v) is 10.8. The van der Waals surface area contributed by atoms with Crippen LogP contribution in [0, 0.1) is 0 Å². The molecular weight excluding hydrogens is 254 g/mol. The van der Waals surface area contributed by atoms with Crippen LogP contribution < -0.4 is 5.73 Å². The summed E-state index contributed by atoms with van der Waals surface area (Å²) >= 11 is 0. The number of aromatic nitrogens is 2. The summed E-state index contributed by atoms with van der Waals surface area (Å²) in [4.78, 5) is 0.0283. The van der Waals surface area contributed by atoms with E-state index in [1.165, 1.54) is 28.9 Å². The number of phenolic OH excluding ortho intramolecular Hbond substituents is 1. The van der Waals surface area contributed by atoms with Crippen molar-refractivity contribution in [3.8, 4) is 17.0 Å². The van der Waals surface area contributed by atoms with E-state index < -0.39 is 9.84 Å². The average molecular weight is 267 g/mol. The number of nitrogens with zero attached hydrogens (tertiary/aromatic N) is 2. The summed E-state index contributed by atoms with van der Waals surface area (Å²) in [6.45, 7) is 0. The third kappa shape index (κ3) is 2.04. The van der Waals surface area contributed by atoms with E-state index in [2.05, 4.69) is 5.10 Å². The highest BCUT2D eigenvalue weighted by molar-refractivity contribution is 7.90. The van der Waals surface area contributed by atoms with E-state index in [-0.39, 0.29) is 16.2 Å². The van der Waals surface area contributed by atoms with E-state index in [1.54, 1.807) is 7.05 Å². The third-order valence-electron chi connectivity index (χ3n) is 2.58. The first-order valence-corrected chi connectivity index (χ1v) is 7.02. The fraction of sp³-hybridized carbons (Fsp3) is 0.182. The quantitative estimate of drug-likeness (QED) is 0.837. The van der Waals surface area contributed by atoms with Crippen molar-refractivity contribution < 1.29 is 13.5 Å². The molecule has 0 aliphatic heterocycles. The number of nitrogen functional groups attached to an aromatic ring is 1. The van der Waals surface area contributed by atoms with Crippen LogP contribution in [-0.2, 0) is 16.9 Å². The molecule has 0 bridgehead atoms. The first-order valence-electron chi connectivity index (χ1n) is 5.12. The Balaban J connectivity index is 2.78. The van der Waals surface area contributed by atoms with Crippen molar-refractivity contribution in [2.24, 2.45) is 7.05 Å². The van der Waals surface area contributed by atoms with E-state index >= 15 is 0 Å².